The smallest absolute Gasteiger partial charge is 0.220 e. The second-order valence-corrected chi connectivity index (χ2v) is 8.52. The highest BCUT2D eigenvalue weighted by atomic mass is 79.9. The van der Waals surface area contributed by atoms with E-state index in [1.54, 1.807) is 0 Å². The molecule has 4 aromatic rings. The number of carbonyl (C=O) groups excluding carboxylic acids is 1. The molecule has 0 radical (unpaired) electrons. The minimum Gasteiger partial charge on any atom is -0.352 e. The van der Waals surface area contributed by atoms with E-state index in [0.717, 1.165) is 26.1 Å². The summed E-state index contributed by atoms with van der Waals surface area (Å²) in [5.41, 5.74) is 4.48. The van der Waals surface area contributed by atoms with Gasteiger partial charge in [0.2, 0.25) is 5.91 Å². The van der Waals surface area contributed by atoms with Gasteiger partial charge in [-0.1, -0.05) is 82.1 Å². The fourth-order valence-corrected chi connectivity index (χ4v) is 4.26. The first-order valence-corrected chi connectivity index (χ1v) is 11.1. The standard InChI is InChI=1S/C25H22BrClN2O/c26-22-10-4-1-7-18(22)15-28-25(30)14-13-19-16-29(24-12-6-3-9-21(19)24)17-20-8-2-5-11-23(20)27/h1-12,16H,13-15,17H2,(H,28,30). The number of fused-ring (bicyclic) bond motifs is 1. The van der Waals surface area contributed by atoms with Crippen molar-refractivity contribution in [2.45, 2.75) is 25.9 Å². The zero-order chi connectivity index (χ0) is 20.9. The molecule has 152 valence electrons. The molecule has 0 aliphatic carbocycles. The zero-order valence-electron chi connectivity index (χ0n) is 16.4. The van der Waals surface area contributed by atoms with E-state index in [-0.39, 0.29) is 5.91 Å². The van der Waals surface area contributed by atoms with Gasteiger partial charge in [-0.15, -0.1) is 0 Å². The first-order valence-electron chi connectivity index (χ1n) is 9.92. The van der Waals surface area contributed by atoms with E-state index in [2.05, 4.69) is 44.1 Å². The Labute approximate surface area is 189 Å². The summed E-state index contributed by atoms with van der Waals surface area (Å²) in [4.78, 5) is 12.4. The third kappa shape index (κ3) is 4.77. The molecular formula is C25H22BrClN2O. The SMILES string of the molecule is O=C(CCc1cn(Cc2ccccc2Cl)c2ccccc12)NCc1ccccc1Br. The quantitative estimate of drug-likeness (QED) is 0.328. The molecule has 4 rings (SSSR count). The van der Waals surface area contributed by atoms with Crippen LogP contribution in [-0.2, 0) is 24.3 Å². The van der Waals surface area contributed by atoms with Crippen molar-refractivity contribution in [1.29, 1.82) is 0 Å². The van der Waals surface area contributed by atoms with E-state index >= 15 is 0 Å². The lowest BCUT2D eigenvalue weighted by Gasteiger charge is -2.07. The summed E-state index contributed by atoms with van der Waals surface area (Å²) in [6, 6.07) is 24.1. The van der Waals surface area contributed by atoms with Crippen LogP contribution in [0.4, 0.5) is 0 Å². The average Bonchev–Trinajstić information content (AvgIpc) is 3.11. The van der Waals surface area contributed by atoms with Crippen molar-refractivity contribution >= 4 is 44.3 Å². The van der Waals surface area contributed by atoms with Gasteiger partial charge in [0, 0.05) is 46.1 Å². The number of halogens is 2. The minimum absolute atomic E-state index is 0.0497. The fourth-order valence-electron chi connectivity index (χ4n) is 3.64. The number of benzene rings is 3. The Morgan fingerprint density at radius 2 is 1.60 bits per heavy atom. The molecule has 1 N–H and O–H groups in total. The summed E-state index contributed by atoms with van der Waals surface area (Å²) in [6.45, 7) is 1.23. The van der Waals surface area contributed by atoms with E-state index in [1.165, 1.54) is 10.9 Å². The first-order chi connectivity index (χ1) is 14.6. The van der Waals surface area contributed by atoms with Crippen LogP contribution in [-0.4, -0.2) is 10.5 Å². The second-order valence-electron chi connectivity index (χ2n) is 7.26. The number of carbonyl (C=O) groups is 1. The Kier molecular flexibility index (Phi) is 6.56. The summed E-state index contributed by atoms with van der Waals surface area (Å²) < 4.78 is 3.22. The van der Waals surface area contributed by atoms with Gasteiger partial charge in [-0.2, -0.15) is 0 Å². The third-order valence-corrected chi connectivity index (χ3v) is 6.37. The van der Waals surface area contributed by atoms with Crippen LogP contribution < -0.4 is 5.32 Å². The molecule has 30 heavy (non-hydrogen) atoms. The molecule has 0 aliphatic rings. The maximum absolute atomic E-state index is 12.4. The summed E-state index contributed by atoms with van der Waals surface area (Å²) in [7, 11) is 0. The molecule has 3 aromatic carbocycles. The highest BCUT2D eigenvalue weighted by molar-refractivity contribution is 9.10. The van der Waals surface area contributed by atoms with Gasteiger partial charge in [0.05, 0.1) is 0 Å². The maximum atomic E-state index is 12.4. The number of aryl methyl sites for hydroxylation is 1. The van der Waals surface area contributed by atoms with Crippen LogP contribution >= 0.6 is 27.5 Å². The lowest BCUT2D eigenvalue weighted by molar-refractivity contribution is -0.121. The molecule has 1 heterocycles. The van der Waals surface area contributed by atoms with Crippen LogP contribution in [0.15, 0.2) is 83.5 Å². The Morgan fingerprint density at radius 1 is 0.900 bits per heavy atom. The Balaban J connectivity index is 1.46. The van der Waals surface area contributed by atoms with Crippen molar-refractivity contribution in [2.75, 3.05) is 0 Å². The fraction of sp³-hybridized carbons (Fsp3) is 0.160. The van der Waals surface area contributed by atoms with E-state index in [0.29, 0.717) is 25.9 Å². The largest absolute Gasteiger partial charge is 0.352 e. The van der Waals surface area contributed by atoms with Gasteiger partial charge in [0.1, 0.15) is 0 Å². The minimum atomic E-state index is 0.0497. The number of nitrogens with zero attached hydrogens (tertiary/aromatic N) is 1. The van der Waals surface area contributed by atoms with Gasteiger partial charge < -0.3 is 9.88 Å². The predicted molar refractivity (Wildman–Crippen MR) is 127 cm³/mol. The average molecular weight is 482 g/mol. The van der Waals surface area contributed by atoms with Crippen LogP contribution in [0, 0.1) is 0 Å². The molecule has 1 aromatic heterocycles. The number of rotatable bonds is 7. The molecule has 0 spiro atoms. The molecule has 0 atom stereocenters. The van der Waals surface area contributed by atoms with Gasteiger partial charge >= 0.3 is 0 Å². The number of para-hydroxylation sites is 1. The van der Waals surface area contributed by atoms with Gasteiger partial charge in [0.25, 0.3) is 0 Å². The molecule has 0 bridgehead atoms. The molecule has 5 heteroatoms. The van der Waals surface area contributed by atoms with E-state index in [9.17, 15) is 4.79 Å². The molecule has 0 saturated carbocycles. The monoisotopic (exact) mass is 480 g/mol. The van der Waals surface area contributed by atoms with Crippen molar-refractivity contribution in [2.24, 2.45) is 0 Å². The Bertz CT molecular complexity index is 1180. The van der Waals surface area contributed by atoms with Crippen LogP contribution in [0.3, 0.4) is 0 Å². The summed E-state index contributed by atoms with van der Waals surface area (Å²) >= 11 is 9.88. The number of hydrogen-bond donors (Lipinski definition) is 1. The summed E-state index contributed by atoms with van der Waals surface area (Å²) in [5.74, 6) is 0.0497. The highest BCUT2D eigenvalue weighted by Crippen LogP contribution is 2.25. The van der Waals surface area contributed by atoms with Crippen molar-refractivity contribution < 1.29 is 4.79 Å². The molecule has 0 aliphatic heterocycles. The molecular weight excluding hydrogens is 460 g/mol. The van der Waals surface area contributed by atoms with Crippen molar-refractivity contribution in [3.05, 3.63) is 105 Å². The van der Waals surface area contributed by atoms with Crippen molar-refractivity contribution in [3.63, 3.8) is 0 Å². The summed E-state index contributed by atoms with van der Waals surface area (Å²) in [6.07, 6.45) is 3.29. The predicted octanol–water partition coefficient (Wildman–Crippen LogP) is 6.35. The lowest BCUT2D eigenvalue weighted by Crippen LogP contribution is -2.23. The van der Waals surface area contributed by atoms with Crippen LogP contribution in [0.25, 0.3) is 10.9 Å². The van der Waals surface area contributed by atoms with E-state index in [4.69, 9.17) is 11.6 Å². The van der Waals surface area contributed by atoms with Gasteiger partial charge in [-0.3, -0.25) is 4.79 Å². The number of hydrogen-bond acceptors (Lipinski definition) is 1. The normalized spacial score (nSPS) is 11.0. The number of aromatic nitrogens is 1. The molecule has 0 fully saturated rings. The van der Waals surface area contributed by atoms with E-state index < -0.39 is 0 Å². The van der Waals surface area contributed by atoms with Gasteiger partial charge in [0.15, 0.2) is 0 Å². The first kappa shape index (κ1) is 20.7. The number of amides is 1. The van der Waals surface area contributed by atoms with Gasteiger partial charge in [-0.05, 0) is 41.3 Å². The van der Waals surface area contributed by atoms with Crippen LogP contribution in [0.2, 0.25) is 5.02 Å². The third-order valence-electron chi connectivity index (χ3n) is 5.22. The Hall–Kier alpha value is -2.56. The van der Waals surface area contributed by atoms with E-state index in [1.807, 2.05) is 60.7 Å². The number of nitrogens with one attached hydrogen (secondary N) is 1. The molecule has 1 amide bonds. The molecule has 0 unspecified atom stereocenters. The Morgan fingerprint density at radius 3 is 2.40 bits per heavy atom. The zero-order valence-corrected chi connectivity index (χ0v) is 18.8. The van der Waals surface area contributed by atoms with Crippen LogP contribution in [0.5, 0.6) is 0 Å². The van der Waals surface area contributed by atoms with Crippen molar-refractivity contribution in [1.82, 2.24) is 9.88 Å². The topological polar surface area (TPSA) is 34.0 Å². The summed E-state index contributed by atoms with van der Waals surface area (Å²) in [5, 5.41) is 4.97. The van der Waals surface area contributed by atoms with Gasteiger partial charge in [-0.25, -0.2) is 0 Å². The molecule has 0 saturated heterocycles. The maximum Gasteiger partial charge on any atom is 0.220 e. The van der Waals surface area contributed by atoms with Crippen LogP contribution in [0.1, 0.15) is 23.1 Å². The second kappa shape index (κ2) is 9.50. The highest BCUT2D eigenvalue weighted by Gasteiger charge is 2.11. The molecule has 3 nitrogen and oxygen atoms in total. The lowest BCUT2D eigenvalue weighted by atomic mass is 10.1. The van der Waals surface area contributed by atoms with Crippen molar-refractivity contribution in [3.8, 4) is 0 Å².